The Kier molecular flexibility index (Phi) is 6.13. The largest absolute Gasteiger partial charge is 0.516 e. The van der Waals surface area contributed by atoms with Crippen molar-refractivity contribution >= 4 is 15.9 Å². The molecule has 0 heterocycles. The van der Waals surface area contributed by atoms with Gasteiger partial charge in [0.25, 0.3) is 11.6 Å². The van der Waals surface area contributed by atoms with Crippen molar-refractivity contribution in [1.82, 2.24) is 4.72 Å². The van der Waals surface area contributed by atoms with Gasteiger partial charge in [-0.15, -0.1) is 0 Å². The molecule has 0 aromatic heterocycles. The summed E-state index contributed by atoms with van der Waals surface area (Å²) in [6.07, 6.45) is -18.8. The molecule has 0 radical (unpaired) electrons. The molecule has 1 N–H and O–H groups in total. The molecule has 0 fully saturated rings. The Bertz CT molecular complexity index is 674. The summed E-state index contributed by atoms with van der Waals surface area (Å²) in [6, 6.07) is 0. The number of hydrogen-bond acceptors (Lipinski definition) is 3. The summed E-state index contributed by atoms with van der Waals surface area (Å²) in [5.74, 6) is -18.5. The molecule has 162 valence electrons. The molecule has 0 aromatic rings. The molecule has 4 nitrogen and oxygen atoms in total. The lowest BCUT2D eigenvalue weighted by molar-refractivity contribution is -0.365. The molecule has 1 unspecified atom stereocenters. The standard InChI is InChI=1S/C8H3F14NO3S/c9-3(6(14,15)16,2(24)23-27(25,26)8(20,21)22)1-4(10,11)5(12,13)7(17,18)19/h1H2,(H,23,24). The molecule has 0 saturated heterocycles. The number of nitrogens with one attached hydrogen (secondary N) is 1. The predicted octanol–water partition coefficient (Wildman–Crippen LogP) is 3.45. The lowest BCUT2D eigenvalue weighted by Crippen LogP contribution is -2.62. The molecule has 0 saturated carbocycles. The van der Waals surface area contributed by atoms with E-state index in [4.69, 9.17) is 0 Å². The molecule has 0 aliphatic heterocycles. The van der Waals surface area contributed by atoms with Gasteiger partial charge in [0.2, 0.25) is 0 Å². The minimum Gasteiger partial charge on any atom is -0.270 e. The monoisotopic (exact) mass is 459 g/mol. The van der Waals surface area contributed by atoms with Crippen LogP contribution in [-0.2, 0) is 14.8 Å². The number of sulfonamides is 1. The summed E-state index contributed by atoms with van der Waals surface area (Å²) < 4.78 is 194. The molecular weight excluding hydrogens is 456 g/mol. The zero-order valence-electron chi connectivity index (χ0n) is 11.6. The van der Waals surface area contributed by atoms with Gasteiger partial charge >= 0.3 is 39.7 Å². The van der Waals surface area contributed by atoms with Gasteiger partial charge in [0, 0.05) is 0 Å². The first kappa shape index (κ1) is 25.4. The van der Waals surface area contributed by atoms with Crippen LogP contribution in [0.5, 0.6) is 0 Å². The Morgan fingerprint density at radius 3 is 1.33 bits per heavy atom. The summed E-state index contributed by atoms with van der Waals surface area (Å²) in [6.45, 7) is 0. The Balaban J connectivity index is 6.20. The first-order valence-electron chi connectivity index (χ1n) is 5.55. The smallest absolute Gasteiger partial charge is 0.270 e. The molecule has 27 heavy (non-hydrogen) atoms. The van der Waals surface area contributed by atoms with Gasteiger partial charge in [-0.25, -0.2) is 9.11 Å². The number of amides is 1. The summed E-state index contributed by atoms with van der Waals surface area (Å²) >= 11 is 0. The first-order valence-corrected chi connectivity index (χ1v) is 7.03. The quantitative estimate of drug-likeness (QED) is 0.641. The molecule has 0 spiro atoms. The predicted molar refractivity (Wildman–Crippen MR) is 53.6 cm³/mol. The maximum Gasteiger partial charge on any atom is 0.516 e. The minimum absolute atomic E-state index is 0.690. The van der Waals surface area contributed by atoms with Crippen molar-refractivity contribution in [3.05, 3.63) is 0 Å². The van der Waals surface area contributed by atoms with Crippen LogP contribution in [0, 0.1) is 0 Å². The molecule has 0 aliphatic rings. The lowest BCUT2D eigenvalue weighted by atomic mass is 9.92. The topological polar surface area (TPSA) is 63.2 Å². The molecule has 1 atom stereocenters. The molecule has 0 aromatic carbocycles. The lowest BCUT2D eigenvalue weighted by Gasteiger charge is -2.34. The highest BCUT2D eigenvalue weighted by Crippen LogP contribution is 2.52. The SMILES string of the molecule is O=C(NS(=O)(=O)C(F)(F)F)C(F)(CC(F)(F)C(F)(F)C(F)(F)F)C(F)(F)F. The maximum absolute atomic E-state index is 13.7. The van der Waals surface area contributed by atoms with Crippen molar-refractivity contribution in [3.63, 3.8) is 0 Å². The van der Waals surface area contributed by atoms with Crippen LogP contribution in [-0.4, -0.2) is 49.7 Å². The van der Waals surface area contributed by atoms with E-state index in [0.717, 1.165) is 0 Å². The van der Waals surface area contributed by atoms with Crippen molar-refractivity contribution in [1.29, 1.82) is 0 Å². The second-order valence-electron chi connectivity index (χ2n) is 4.63. The van der Waals surface area contributed by atoms with Crippen molar-refractivity contribution < 1.29 is 74.7 Å². The van der Waals surface area contributed by atoms with Crippen LogP contribution in [0.25, 0.3) is 0 Å². The maximum atomic E-state index is 13.7. The van der Waals surface area contributed by atoms with Crippen LogP contribution < -0.4 is 4.72 Å². The van der Waals surface area contributed by atoms with Gasteiger partial charge in [-0.1, -0.05) is 0 Å². The normalized spacial score (nSPS) is 17.4. The van der Waals surface area contributed by atoms with Crippen LogP contribution in [0.2, 0.25) is 0 Å². The third kappa shape index (κ3) is 4.65. The van der Waals surface area contributed by atoms with E-state index in [1.807, 2.05) is 0 Å². The van der Waals surface area contributed by atoms with Gasteiger partial charge in [-0.2, -0.15) is 65.5 Å². The van der Waals surface area contributed by atoms with Gasteiger partial charge in [0.05, 0.1) is 6.42 Å². The van der Waals surface area contributed by atoms with Crippen LogP contribution in [0.1, 0.15) is 6.42 Å². The average molecular weight is 459 g/mol. The fourth-order valence-electron chi connectivity index (χ4n) is 1.19. The summed E-state index contributed by atoms with van der Waals surface area (Å²) in [5.41, 5.74) is -13.2. The summed E-state index contributed by atoms with van der Waals surface area (Å²) in [4.78, 5) is 10.9. The van der Waals surface area contributed by atoms with Crippen LogP contribution in [0.3, 0.4) is 0 Å². The fourth-order valence-corrected chi connectivity index (χ4v) is 1.72. The number of hydrogen-bond donors (Lipinski definition) is 1. The average Bonchev–Trinajstić information content (AvgIpc) is 2.32. The Morgan fingerprint density at radius 1 is 0.704 bits per heavy atom. The minimum atomic E-state index is -7.37. The highest BCUT2D eigenvalue weighted by atomic mass is 32.2. The van der Waals surface area contributed by atoms with Crippen molar-refractivity contribution in [2.75, 3.05) is 0 Å². The van der Waals surface area contributed by atoms with Crippen LogP contribution in [0.15, 0.2) is 0 Å². The zero-order valence-corrected chi connectivity index (χ0v) is 12.4. The van der Waals surface area contributed by atoms with E-state index in [0.29, 0.717) is 0 Å². The van der Waals surface area contributed by atoms with Gasteiger partial charge in [-0.05, 0) is 0 Å². The Morgan fingerprint density at radius 2 is 1.07 bits per heavy atom. The summed E-state index contributed by atoms with van der Waals surface area (Å²) in [7, 11) is -7.15. The van der Waals surface area contributed by atoms with E-state index in [-0.39, 0.29) is 0 Å². The zero-order chi connectivity index (χ0) is 22.5. The van der Waals surface area contributed by atoms with Gasteiger partial charge < -0.3 is 0 Å². The van der Waals surface area contributed by atoms with E-state index >= 15 is 0 Å². The number of rotatable bonds is 5. The molecule has 1 amide bonds. The number of alkyl halides is 14. The van der Waals surface area contributed by atoms with Gasteiger partial charge in [-0.3, -0.25) is 4.79 Å². The highest BCUT2D eigenvalue weighted by molar-refractivity contribution is 7.90. The number of carbonyl (C=O) groups excluding carboxylic acids is 1. The molecule has 0 bridgehead atoms. The number of carbonyl (C=O) groups is 1. The van der Waals surface area contributed by atoms with Crippen LogP contribution in [0.4, 0.5) is 61.5 Å². The second kappa shape index (κ2) is 6.50. The van der Waals surface area contributed by atoms with E-state index in [2.05, 4.69) is 0 Å². The second-order valence-corrected chi connectivity index (χ2v) is 6.31. The highest BCUT2D eigenvalue weighted by Gasteiger charge is 2.78. The van der Waals surface area contributed by atoms with E-state index < -0.39 is 62.4 Å². The van der Waals surface area contributed by atoms with Gasteiger partial charge in [0.1, 0.15) is 0 Å². The number of halogens is 14. The Labute approximate surface area is 138 Å². The van der Waals surface area contributed by atoms with E-state index in [9.17, 15) is 74.7 Å². The van der Waals surface area contributed by atoms with Crippen molar-refractivity contribution in [3.8, 4) is 0 Å². The summed E-state index contributed by atoms with van der Waals surface area (Å²) in [5, 5.41) is 0. The van der Waals surface area contributed by atoms with Gasteiger partial charge in [0.15, 0.2) is 0 Å². The molecule has 0 rings (SSSR count). The van der Waals surface area contributed by atoms with E-state index in [1.54, 1.807) is 0 Å². The van der Waals surface area contributed by atoms with Crippen molar-refractivity contribution in [2.45, 2.75) is 41.8 Å². The van der Waals surface area contributed by atoms with Crippen molar-refractivity contribution in [2.24, 2.45) is 0 Å². The van der Waals surface area contributed by atoms with E-state index in [1.165, 1.54) is 0 Å². The molecular formula is C8H3F14NO3S. The fraction of sp³-hybridized carbons (Fsp3) is 0.875. The molecule has 19 heteroatoms. The third-order valence-electron chi connectivity index (χ3n) is 2.62. The van der Waals surface area contributed by atoms with Crippen LogP contribution >= 0.6 is 0 Å². The molecule has 0 aliphatic carbocycles. The Hall–Kier alpha value is -1.56. The third-order valence-corrected chi connectivity index (χ3v) is 3.69. The first-order chi connectivity index (χ1) is 11.3.